The van der Waals surface area contributed by atoms with Gasteiger partial charge in [0, 0.05) is 11.3 Å². The zero-order chi connectivity index (χ0) is 20.4. The van der Waals surface area contributed by atoms with E-state index in [9.17, 15) is 4.79 Å². The molecule has 2 aromatic rings. The monoisotopic (exact) mass is 389 g/mol. The molecule has 29 heavy (non-hydrogen) atoms. The van der Waals surface area contributed by atoms with E-state index in [4.69, 9.17) is 4.74 Å². The highest BCUT2D eigenvalue weighted by molar-refractivity contribution is 6.07. The lowest BCUT2D eigenvalue weighted by Gasteiger charge is -2.26. The van der Waals surface area contributed by atoms with Crippen molar-refractivity contribution in [1.29, 1.82) is 0 Å². The highest BCUT2D eigenvalue weighted by Crippen LogP contribution is 2.38. The number of hydrogen-bond donors (Lipinski definition) is 1. The largest absolute Gasteiger partial charge is 0.488 e. The summed E-state index contributed by atoms with van der Waals surface area (Å²) in [6, 6.07) is 12.5. The molecule has 0 saturated heterocycles. The first-order valence-corrected chi connectivity index (χ1v) is 10.9. The van der Waals surface area contributed by atoms with Gasteiger partial charge in [-0.05, 0) is 72.6 Å². The zero-order valence-electron chi connectivity index (χ0n) is 17.8. The van der Waals surface area contributed by atoms with E-state index >= 15 is 0 Å². The Morgan fingerprint density at radius 1 is 1.07 bits per heavy atom. The molecule has 1 aliphatic heterocycles. The Hall–Kier alpha value is -2.55. The van der Waals surface area contributed by atoms with Crippen molar-refractivity contribution < 1.29 is 9.53 Å². The maximum atomic E-state index is 12.9. The minimum atomic E-state index is -0.0804. The first kappa shape index (κ1) is 19.8. The molecule has 0 spiro atoms. The van der Waals surface area contributed by atoms with Crippen LogP contribution >= 0.6 is 0 Å². The highest BCUT2D eigenvalue weighted by Gasteiger charge is 2.22. The number of carbonyl (C=O) groups excluding carboxylic acids is 1. The van der Waals surface area contributed by atoms with Gasteiger partial charge in [-0.2, -0.15) is 0 Å². The van der Waals surface area contributed by atoms with Crippen LogP contribution in [-0.4, -0.2) is 12.5 Å². The summed E-state index contributed by atoms with van der Waals surface area (Å²) in [4.78, 5) is 12.9. The number of ether oxygens (including phenoxy) is 1. The lowest BCUT2D eigenvalue weighted by atomic mass is 9.80. The van der Waals surface area contributed by atoms with Gasteiger partial charge in [0.15, 0.2) is 0 Å². The number of amides is 1. The number of fused-ring (bicyclic) bond motifs is 1. The molecule has 1 saturated carbocycles. The van der Waals surface area contributed by atoms with E-state index in [0.717, 1.165) is 22.6 Å². The van der Waals surface area contributed by atoms with Crippen LogP contribution in [0.5, 0.6) is 5.75 Å². The molecular formula is C26H31NO2. The standard InChI is InChI=1S/C26H31NO2/c1-17(2)23-12-11-22(15-24(23)19-7-5-4-6-8-19)27-26(28)21-14-20-10-9-18(3)13-25(20)29-16-21/h9-15,17,19H,4-8,16H2,1-3H3,(H,27,28). The van der Waals surface area contributed by atoms with Crippen LogP contribution in [0.3, 0.4) is 0 Å². The second-order valence-electron chi connectivity index (χ2n) is 8.79. The average Bonchev–Trinajstić information content (AvgIpc) is 2.73. The molecule has 1 heterocycles. The number of aryl methyl sites for hydroxylation is 1. The SMILES string of the molecule is Cc1ccc2c(c1)OCC(C(=O)Nc1ccc(C(C)C)c(C3CCCCC3)c1)=C2. The van der Waals surface area contributed by atoms with Gasteiger partial charge in [-0.1, -0.05) is 51.3 Å². The predicted molar refractivity (Wildman–Crippen MR) is 120 cm³/mol. The summed E-state index contributed by atoms with van der Waals surface area (Å²) in [7, 11) is 0. The maximum Gasteiger partial charge on any atom is 0.255 e. The first-order chi connectivity index (χ1) is 14.0. The van der Waals surface area contributed by atoms with Crippen molar-refractivity contribution in [2.75, 3.05) is 11.9 Å². The molecule has 4 rings (SSSR count). The van der Waals surface area contributed by atoms with Gasteiger partial charge in [-0.15, -0.1) is 0 Å². The summed E-state index contributed by atoms with van der Waals surface area (Å²) in [5, 5.41) is 3.11. The van der Waals surface area contributed by atoms with Crippen LogP contribution in [0.25, 0.3) is 6.08 Å². The molecule has 0 aromatic heterocycles. The molecule has 0 bridgehead atoms. The van der Waals surface area contributed by atoms with Gasteiger partial charge in [0.1, 0.15) is 12.4 Å². The van der Waals surface area contributed by atoms with Gasteiger partial charge in [-0.3, -0.25) is 4.79 Å². The molecular weight excluding hydrogens is 358 g/mol. The highest BCUT2D eigenvalue weighted by atomic mass is 16.5. The molecule has 3 nitrogen and oxygen atoms in total. The second kappa shape index (κ2) is 8.44. The van der Waals surface area contributed by atoms with E-state index in [-0.39, 0.29) is 5.91 Å². The number of hydrogen-bond acceptors (Lipinski definition) is 2. The Morgan fingerprint density at radius 3 is 2.62 bits per heavy atom. The van der Waals surface area contributed by atoms with Gasteiger partial charge in [0.2, 0.25) is 0 Å². The average molecular weight is 390 g/mol. The van der Waals surface area contributed by atoms with Gasteiger partial charge >= 0.3 is 0 Å². The fourth-order valence-corrected chi connectivity index (χ4v) is 4.56. The Morgan fingerprint density at radius 2 is 1.86 bits per heavy atom. The Kier molecular flexibility index (Phi) is 5.75. The fraction of sp³-hybridized carbons (Fsp3) is 0.423. The van der Waals surface area contributed by atoms with E-state index < -0.39 is 0 Å². The van der Waals surface area contributed by atoms with Crippen LogP contribution in [0.4, 0.5) is 5.69 Å². The summed E-state index contributed by atoms with van der Waals surface area (Å²) >= 11 is 0. The quantitative estimate of drug-likeness (QED) is 0.641. The van der Waals surface area contributed by atoms with Gasteiger partial charge < -0.3 is 10.1 Å². The van der Waals surface area contributed by atoms with Crippen LogP contribution in [0.1, 0.15) is 80.0 Å². The molecule has 1 N–H and O–H groups in total. The van der Waals surface area contributed by atoms with Crippen molar-refractivity contribution in [1.82, 2.24) is 0 Å². The molecule has 1 amide bonds. The number of benzene rings is 2. The smallest absolute Gasteiger partial charge is 0.255 e. The van der Waals surface area contributed by atoms with Gasteiger partial charge in [0.25, 0.3) is 5.91 Å². The lowest BCUT2D eigenvalue weighted by Crippen LogP contribution is -2.21. The Bertz CT molecular complexity index is 936. The van der Waals surface area contributed by atoms with E-state index in [1.807, 2.05) is 37.3 Å². The summed E-state index contributed by atoms with van der Waals surface area (Å²) in [5.41, 5.74) is 6.51. The third-order valence-corrected chi connectivity index (χ3v) is 6.19. The third kappa shape index (κ3) is 4.39. The van der Waals surface area contributed by atoms with Crippen LogP contribution in [-0.2, 0) is 4.79 Å². The number of anilines is 1. The number of nitrogens with one attached hydrogen (secondary N) is 1. The van der Waals surface area contributed by atoms with Crippen molar-refractivity contribution in [3.8, 4) is 5.75 Å². The van der Waals surface area contributed by atoms with Crippen molar-refractivity contribution in [3.05, 3.63) is 64.2 Å². The lowest BCUT2D eigenvalue weighted by molar-refractivity contribution is -0.113. The molecule has 0 radical (unpaired) electrons. The molecule has 2 aliphatic rings. The first-order valence-electron chi connectivity index (χ1n) is 10.9. The fourth-order valence-electron chi connectivity index (χ4n) is 4.56. The van der Waals surface area contributed by atoms with Crippen molar-refractivity contribution in [2.24, 2.45) is 0 Å². The third-order valence-electron chi connectivity index (χ3n) is 6.19. The van der Waals surface area contributed by atoms with Crippen molar-refractivity contribution in [2.45, 2.75) is 64.7 Å². The minimum Gasteiger partial charge on any atom is -0.488 e. The minimum absolute atomic E-state index is 0.0804. The van der Waals surface area contributed by atoms with E-state index in [1.54, 1.807) is 0 Å². The second-order valence-corrected chi connectivity index (χ2v) is 8.79. The summed E-state index contributed by atoms with van der Waals surface area (Å²) in [6.07, 6.45) is 8.42. The topological polar surface area (TPSA) is 38.3 Å². The summed E-state index contributed by atoms with van der Waals surface area (Å²) in [6.45, 7) is 6.86. The van der Waals surface area contributed by atoms with Crippen LogP contribution in [0, 0.1) is 6.92 Å². The normalized spacial score (nSPS) is 16.8. The van der Waals surface area contributed by atoms with Gasteiger partial charge in [0.05, 0.1) is 5.57 Å². The molecule has 1 fully saturated rings. The zero-order valence-corrected chi connectivity index (χ0v) is 17.8. The van der Waals surface area contributed by atoms with Crippen LogP contribution in [0.2, 0.25) is 0 Å². The van der Waals surface area contributed by atoms with E-state index in [2.05, 4.69) is 31.3 Å². The Labute approximate surface area is 174 Å². The van der Waals surface area contributed by atoms with E-state index in [1.165, 1.54) is 43.2 Å². The van der Waals surface area contributed by atoms with Crippen molar-refractivity contribution >= 4 is 17.7 Å². The van der Waals surface area contributed by atoms with Crippen LogP contribution in [0.15, 0.2) is 42.0 Å². The molecule has 152 valence electrons. The Balaban J connectivity index is 1.56. The summed E-state index contributed by atoms with van der Waals surface area (Å²) in [5.74, 6) is 1.88. The van der Waals surface area contributed by atoms with E-state index in [0.29, 0.717) is 24.0 Å². The molecule has 3 heteroatoms. The molecule has 1 aliphatic carbocycles. The maximum absolute atomic E-state index is 12.9. The predicted octanol–water partition coefficient (Wildman–Crippen LogP) is 6.58. The van der Waals surface area contributed by atoms with Gasteiger partial charge in [-0.25, -0.2) is 0 Å². The van der Waals surface area contributed by atoms with Crippen LogP contribution < -0.4 is 10.1 Å². The number of carbonyl (C=O) groups is 1. The van der Waals surface area contributed by atoms with Crippen molar-refractivity contribution in [3.63, 3.8) is 0 Å². The molecule has 0 atom stereocenters. The molecule has 2 aromatic carbocycles. The summed E-state index contributed by atoms with van der Waals surface area (Å²) < 4.78 is 5.82. The molecule has 0 unspecified atom stereocenters. The number of rotatable bonds is 4.